The standard InChI is InChI=1S/C18H24N4O2/c1-12-10-22(17(23)24-18(2,3)4)11-14(12)16-9-15(20-21-16)13-5-7-19-8-6-13/h5-9,12,14H,10-11H2,1-4H3,(H,20,21). The highest BCUT2D eigenvalue weighted by atomic mass is 16.6. The number of carbonyl (C=O) groups is 1. The number of hydrogen-bond acceptors (Lipinski definition) is 4. The molecule has 2 unspecified atom stereocenters. The molecule has 24 heavy (non-hydrogen) atoms. The maximum atomic E-state index is 12.3. The minimum Gasteiger partial charge on any atom is -0.444 e. The average molecular weight is 328 g/mol. The van der Waals surface area contributed by atoms with Gasteiger partial charge in [-0.3, -0.25) is 10.1 Å². The van der Waals surface area contributed by atoms with E-state index in [1.165, 1.54) is 0 Å². The second kappa shape index (κ2) is 6.26. The lowest BCUT2D eigenvalue weighted by atomic mass is 9.94. The highest BCUT2D eigenvalue weighted by Crippen LogP contribution is 2.33. The van der Waals surface area contributed by atoms with Crippen LogP contribution in [-0.2, 0) is 4.74 Å². The molecule has 2 aromatic heterocycles. The van der Waals surface area contributed by atoms with Crippen LogP contribution in [-0.4, -0.2) is 44.9 Å². The van der Waals surface area contributed by atoms with E-state index in [-0.39, 0.29) is 12.0 Å². The van der Waals surface area contributed by atoms with E-state index >= 15 is 0 Å². The molecule has 1 saturated heterocycles. The summed E-state index contributed by atoms with van der Waals surface area (Å²) in [6.07, 6.45) is 3.27. The molecule has 1 N–H and O–H groups in total. The minimum absolute atomic E-state index is 0.237. The minimum atomic E-state index is -0.471. The second-order valence-electron chi connectivity index (χ2n) is 7.41. The van der Waals surface area contributed by atoms with Crippen LogP contribution >= 0.6 is 0 Å². The number of pyridine rings is 1. The van der Waals surface area contributed by atoms with Crippen molar-refractivity contribution in [1.29, 1.82) is 0 Å². The molecule has 0 radical (unpaired) electrons. The number of nitrogens with one attached hydrogen (secondary N) is 1. The van der Waals surface area contributed by atoms with Crippen LogP contribution in [0.2, 0.25) is 0 Å². The number of aromatic amines is 1. The van der Waals surface area contributed by atoms with Crippen molar-refractivity contribution in [2.24, 2.45) is 5.92 Å². The zero-order valence-corrected chi connectivity index (χ0v) is 14.6. The number of hydrogen-bond donors (Lipinski definition) is 1. The summed E-state index contributed by atoms with van der Waals surface area (Å²) in [5.41, 5.74) is 2.51. The molecule has 0 aromatic carbocycles. The molecule has 0 aliphatic carbocycles. The van der Waals surface area contributed by atoms with Crippen LogP contribution in [0.1, 0.15) is 39.3 Å². The Kier molecular flexibility index (Phi) is 4.30. The van der Waals surface area contributed by atoms with E-state index in [0.717, 1.165) is 17.0 Å². The molecule has 0 bridgehead atoms. The first-order valence-corrected chi connectivity index (χ1v) is 8.27. The van der Waals surface area contributed by atoms with Crippen molar-refractivity contribution in [3.8, 4) is 11.3 Å². The number of rotatable bonds is 2. The van der Waals surface area contributed by atoms with Gasteiger partial charge in [0.1, 0.15) is 5.60 Å². The van der Waals surface area contributed by atoms with Crippen molar-refractivity contribution in [2.75, 3.05) is 13.1 Å². The van der Waals surface area contributed by atoms with Crippen molar-refractivity contribution in [3.63, 3.8) is 0 Å². The van der Waals surface area contributed by atoms with E-state index < -0.39 is 5.60 Å². The van der Waals surface area contributed by atoms with Crippen molar-refractivity contribution in [1.82, 2.24) is 20.1 Å². The average Bonchev–Trinajstić information content (AvgIpc) is 3.13. The summed E-state index contributed by atoms with van der Waals surface area (Å²) < 4.78 is 5.48. The third-order valence-corrected chi connectivity index (χ3v) is 4.24. The summed E-state index contributed by atoms with van der Waals surface area (Å²) in [6, 6.07) is 5.94. The number of carbonyl (C=O) groups excluding carboxylic acids is 1. The first-order valence-electron chi connectivity index (χ1n) is 8.27. The molecular weight excluding hydrogens is 304 g/mol. The van der Waals surface area contributed by atoms with Crippen LogP contribution in [0.15, 0.2) is 30.6 Å². The number of amides is 1. The third kappa shape index (κ3) is 3.58. The molecule has 6 heteroatoms. The normalized spacial score (nSPS) is 21.1. The first-order chi connectivity index (χ1) is 11.3. The molecule has 0 saturated carbocycles. The maximum Gasteiger partial charge on any atom is 0.410 e. The van der Waals surface area contributed by atoms with Crippen LogP contribution < -0.4 is 0 Å². The Morgan fingerprint density at radius 3 is 2.67 bits per heavy atom. The fraction of sp³-hybridized carbons (Fsp3) is 0.500. The molecule has 1 fully saturated rings. The van der Waals surface area contributed by atoms with Gasteiger partial charge < -0.3 is 9.64 Å². The van der Waals surface area contributed by atoms with Gasteiger partial charge in [0.15, 0.2) is 0 Å². The smallest absolute Gasteiger partial charge is 0.410 e. The summed E-state index contributed by atoms with van der Waals surface area (Å²) in [7, 11) is 0. The fourth-order valence-electron chi connectivity index (χ4n) is 3.04. The molecule has 1 aliphatic rings. The highest BCUT2D eigenvalue weighted by molar-refractivity contribution is 5.69. The Hall–Kier alpha value is -2.37. The Labute approximate surface area is 142 Å². The molecule has 2 aromatic rings. The summed E-state index contributed by atoms with van der Waals surface area (Å²) in [5.74, 6) is 0.587. The molecule has 128 valence electrons. The Morgan fingerprint density at radius 1 is 1.29 bits per heavy atom. The molecular formula is C18H24N4O2. The second-order valence-corrected chi connectivity index (χ2v) is 7.41. The number of likely N-dealkylation sites (tertiary alicyclic amines) is 1. The molecule has 6 nitrogen and oxygen atoms in total. The Balaban J connectivity index is 1.72. The summed E-state index contributed by atoms with van der Waals surface area (Å²) in [6.45, 7) is 9.16. The maximum absolute atomic E-state index is 12.3. The van der Waals surface area contributed by atoms with Crippen LogP contribution in [0.4, 0.5) is 4.79 Å². The lowest BCUT2D eigenvalue weighted by Crippen LogP contribution is -2.35. The van der Waals surface area contributed by atoms with E-state index in [4.69, 9.17) is 4.74 Å². The third-order valence-electron chi connectivity index (χ3n) is 4.24. The predicted molar refractivity (Wildman–Crippen MR) is 91.5 cm³/mol. The molecule has 1 aliphatic heterocycles. The first kappa shape index (κ1) is 16.5. The van der Waals surface area contributed by atoms with Gasteiger partial charge in [-0.2, -0.15) is 5.10 Å². The van der Waals surface area contributed by atoms with Crippen molar-refractivity contribution in [3.05, 3.63) is 36.3 Å². The van der Waals surface area contributed by atoms with Crippen molar-refractivity contribution >= 4 is 6.09 Å². The number of aromatic nitrogens is 3. The van der Waals surface area contributed by atoms with Gasteiger partial charge in [0.05, 0.1) is 5.69 Å². The van der Waals surface area contributed by atoms with Gasteiger partial charge in [-0.1, -0.05) is 6.92 Å². The molecule has 3 rings (SSSR count). The SMILES string of the molecule is CC1CN(C(=O)OC(C)(C)C)CC1c1cc(-c2ccncc2)n[nH]1. The van der Waals surface area contributed by atoms with Crippen LogP contribution in [0.3, 0.4) is 0 Å². The lowest BCUT2D eigenvalue weighted by molar-refractivity contribution is 0.0287. The zero-order valence-electron chi connectivity index (χ0n) is 14.6. The van der Waals surface area contributed by atoms with E-state index in [9.17, 15) is 4.79 Å². The van der Waals surface area contributed by atoms with Gasteiger partial charge in [0, 0.05) is 42.7 Å². The highest BCUT2D eigenvalue weighted by Gasteiger charge is 2.36. The zero-order chi connectivity index (χ0) is 17.3. The predicted octanol–water partition coefficient (Wildman–Crippen LogP) is 3.44. The summed E-state index contributed by atoms with van der Waals surface area (Å²) in [4.78, 5) is 18.1. The van der Waals surface area contributed by atoms with E-state index in [0.29, 0.717) is 19.0 Å². The number of ether oxygens (including phenoxy) is 1. The van der Waals surface area contributed by atoms with Gasteiger partial charge >= 0.3 is 6.09 Å². The van der Waals surface area contributed by atoms with E-state index in [2.05, 4.69) is 28.2 Å². The Bertz CT molecular complexity index is 705. The van der Waals surface area contributed by atoms with E-state index in [1.807, 2.05) is 32.9 Å². The van der Waals surface area contributed by atoms with Crippen LogP contribution in [0, 0.1) is 5.92 Å². The largest absolute Gasteiger partial charge is 0.444 e. The molecule has 3 heterocycles. The van der Waals surface area contributed by atoms with Gasteiger partial charge in [-0.05, 0) is 44.9 Å². The van der Waals surface area contributed by atoms with Crippen LogP contribution in [0.5, 0.6) is 0 Å². The topological polar surface area (TPSA) is 71.1 Å². The molecule has 0 spiro atoms. The van der Waals surface area contributed by atoms with Gasteiger partial charge in [-0.15, -0.1) is 0 Å². The lowest BCUT2D eigenvalue weighted by Gasteiger charge is -2.24. The summed E-state index contributed by atoms with van der Waals surface area (Å²) in [5, 5.41) is 7.54. The van der Waals surface area contributed by atoms with Gasteiger partial charge in [0.2, 0.25) is 0 Å². The number of nitrogens with zero attached hydrogens (tertiary/aromatic N) is 3. The van der Waals surface area contributed by atoms with Crippen LogP contribution in [0.25, 0.3) is 11.3 Å². The van der Waals surface area contributed by atoms with Gasteiger partial charge in [0.25, 0.3) is 0 Å². The fourth-order valence-corrected chi connectivity index (χ4v) is 3.04. The monoisotopic (exact) mass is 328 g/mol. The van der Waals surface area contributed by atoms with Crippen molar-refractivity contribution in [2.45, 2.75) is 39.2 Å². The molecule has 2 atom stereocenters. The quantitative estimate of drug-likeness (QED) is 0.916. The molecule has 1 amide bonds. The van der Waals surface area contributed by atoms with E-state index in [1.54, 1.807) is 17.3 Å². The summed E-state index contributed by atoms with van der Waals surface area (Å²) >= 11 is 0. The van der Waals surface area contributed by atoms with Gasteiger partial charge in [-0.25, -0.2) is 4.79 Å². The Morgan fingerprint density at radius 2 is 2.00 bits per heavy atom. The van der Waals surface area contributed by atoms with Crippen molar-refractivity contribution < 1.29 is 9.53 Å². The number of H-pyrrole nitrogens is 1.